The van der Waals surface area contributed by atoms with Gasteiger partial charge < -0.3 is 5.32 Å². The number of amides is 1. The molecule has 1 heterocycles. The molecule has 1 amide bonds. The Hall–Kier alpha value is -2.88. The minimum Gasteiger partial charge on any atom is -0.325 e. The fourth-order valence-electron chi connectivity index (χ4n) is 2.27. The van der Waals surface area contributed by atoms with Crippen LogP contribution in [0.1, 0.15) is 11.1 Å². The molecule has 0 saturated heterocycles. The third-order valence-electron chi connectivity index (χ3n) is 3.56. The maximum atomic E-state index is 13.0. The highest BCUT2D eigenvalue weighted by molar-refractivity contribution is 7.99. The highest BCUT2D eigenvalue weighted by atomic mass is 32.2. The number of thioether (sulfide) groups is 1. The number of tetrazole rings is 1. The second kappa shape index (κ2) is 7.78. The number of nitrogens with zero attached hydrogens (tertiary/aromatic N) is 4. The average molecular weight is 393 g/mol. The second-order valence-corrected chi connectivity index (χ2v) is 6.53. The van der Waals surface area contributed by atoms with Gasteiger partial charge in [-0.3, -0.25) is 4.79 Å². The molecule has 0 bridgehead atoms. The van der Waals surface area contributed by atoms with Crippen LogP contribution in [0.25, 0.3) is 5.69 Å². The van der Waals surface area contributed by atoms with Crippen molar-refractivity contribution in [3.05, 3.63) is 59.7 Å². The third kappa shape index (κ3) is 4.64. The highest BCUT2D eigenvalue weighted by Gasteiger charge is 2.33. The van der Waals surface area contributed by atoms with Crippen LogP contribution >= 0.6 is 11.8 Å². The molecular formula is C17H14F3N5OS. The van der Waals surface area contributed by atoms with Crippen molar-refractivity contribution >= 4 is 23.4 Å². The lowest BCUT2D eigenvalue weighted by molar-refractivity contribution is -0.137. The van der Waals surface area contributed by atoms with Crippen LogP contribution in [0.5, 0.6) is 0 Å². The first-order valence-electron chi connectivity index (χ1n) is 7.79. The zero-order valence-electron chi connectivity index (χ0n) is 14.1. The van der Waals surface area contributed by atoms with Gasteiger partial charge in [0.2, 0.25) is 11.1 Å². The van der Waals surface area contributed by atoms with Crippen LogP contribution in [-0.2, 0) is 11.0 Å². The van der Waals surface area contributed by atoms with Gasteiger partial charge in [0.15, 0.2) is 0 Å². The van der Waals surface area contributed by atoms with E-state index >= 15 is 0 Å². The molecule has 10 heteroatoms. The number of alkyl halides is 3. The summed E-state index contributed by atoms with van der Waals surface area (Å²) in [6.45, 7) is 1.95. The van der Waals surface area contributed by atoms with Crippen molar-refractivity contribution in [1.82, 2.24) is 20.2 Å². The van der Waals surface area contributed by atoms with E-state index in [0.717, 1.165) is 29.1 Å². The molecule has 1 aromatic heterocycles. The van der Waals surface area contributed by atoms with Gasteiger partial charge in [-0.1, -0.05) is 41.6 Å². The van der Waals surface area contributed by atoms with E-state index in [0.29, 0.717) is 5.16 Å². The summed E-state index contributed by atoms with van der Waals surface area (Å²) < 4.78 is 40.4. The SMILES string of the molecule is Cc1ccc(-n2nnnc2SCC(=O)Nc2ccccc2C(F)(F)F)cc1. The average Bonchev–Trinajstić information content (AvgIpc) is 3.09. The lowest BCUT2D eigenvalue weighted by Gasteiger charge is -2.13. The summed E-state index contributed by atoms with van der Waals surface area (Å²) in [4.78, 5) is 12.1. The molecule has 3 aromatic rings. The van der Waals surface area contributed by atoms with Gasteiger partial charge in [-0.15, -0.1) is 5.10 Å². The number of benzene rings is 2. The second-order valence-electron chi connectivity index (χ2n) is 5.59. The smallest absolute Gasteiger partial charge is 0.325 e. The summed E-state index contributed by atoms with van der Waals surface area (Å²) in [5, 5.41) is 14.0. The summed E-state index contributed by atoms with van der Waals surface area (Å²) in [5.74, 6) is -0.728. The first kappa shape index (κ1) is 18.9. The molecule has 0 saturated carbocycles. The van der Waals surface area contributed by atoms with E-state index < -0.39 is 17.6 Å². The number of rotatable bonds is 5. The minimum absolute atomic E-state index is 0.140. The normalized spacial score (nSPS) is 11.4. The van der Waals surface area contributed by atoms with Gasteiger partial charge in [-0.2, -0.15) is 17.9 Å². The van der Waals surface area contributed by atoms with Crippen LogP contribution in [-0.4, -0.2) is 31.9 Å². The summed E-state index contributed by atoms with van der Waals surface area (Å²) >= 11 is 1.03. The Morgan fingerprint density at radius 1 is 1.15 bits per heavy atom. The van der Waals surface area contributed by atoms with Crippen molar-refractivity contribution in [3.8, 4) is 5.69 Å². The molecule has 0 spiro atoms. The van der Waals surface area contributed by atoms with Gasteiger partial charge in [-0.25, -0.2) is 0 Å². The molecule has 6 nitrogen and oxygen atoms in total. The number of carbonyl (C=O) groups excluding carboxylic acids is 1. The maximum Gasteiger partial charge on any atom is 0.418 e. The van der Waals surface area contributed by atoms with Crippen LogP contribution in [0.3, 0.4) is 0 Å². The number of hydrogen-bond donors (Lipinski definition) is 1. The first-order chi connectivity index (χ1) is 12.8. The van der Waals surface area contributed by atoms with Gasteiger partial charge in [-0.05, 0) is 41.6 Å². The molecule has 1 N–H and O–H groups in total. The quantitative estimate of drug-likeness (QED) is 0.669. The van der Waals surface area contributed by atoms with E-state index in [1.165, 1.54) is 22.9 Å². The molecule has 0 radical (unpaired) electrons. The van der Waals surface area contributed by atoms with E-state index in [-0.39, 0.29) is 11.4 Å². The van der Waals surface area contributed by atoms with Crippen molar-refractivity contribution in [3.63, 3.8) is 0 Å². The van der Waals surface area contributed by atoms with Crippen molar-refractivity contribution < 1.29 is 18.0 Å². The molecule has 0 unspecified atom stereocenters. The third-order valence-corrected chi connectivity index (χ3v) is 4.48. The van der Waals surface area contributed by atoms with Gasteiger partial charge >= 0.3 is 6.18 Å². The molecular weight excluding hydrogens is 379 g/mol. The van der Waals surface area contributed by atoms with Gasteiger partial charge in [0, 0.05) is 0 Å². The molecule has 0 aliphatic heterocycles. The maximum absolute atomic E-state index is 13.0. The van der Waals surface area contributed by atoms with E-state index in [1.54, 1.807) is 0 Å². The van der Waals surface area contributed by atoms with Crippen molar-refractivity contribution in [2.24, 2.45) is 0 Å². The Bertz CT molecular complexity index is 940. The van der Waals surface area contributed by atoms with Crippen LogP contribution < -0.4 is 5.32 Å². The summed E-state index contributed by atoms with van der Waals surface area (Å²) in [7, 11) is 0. The molecule has 3 rings (SSSR count). The molecule has 140 valence electrons. The van der Waals surface area contributed by atoms with E-state index in [9.17, 15) is 18.0 Å². The Labute approximate surface area is 156 Å². The number of aryl methyl sites for hydroxylation is 1. The number of aromatic nitrogens is 4. The Kier molecular flexibility index (Phi) is 5.45. The van der Waals surface area contributed by atoms with E-state index in [4.69, 9.17) is 0 Å². The van der Waals surface area contributed by atoms with Crippen LogP contribution in [0.4, 0.5) is 18.9 Å². The molecule has 0 fully saturated rings. The van der Waals surface area contributed by atoms with Crippen molar-refractivity contribution in [2.45, 2.75) is 18.3 Å². The number of carbonyl (C=O) groups is 1. The number of anilines is 1. The predicted octanol–water partition coefficient (Wildman–Crippen LogP) is 3.72. The number of nitrogens with one attached hydrogen (secondary N) is 1. The fourth-order valence-corrected chi connectivity index (χ4v) is 2.96. The fraction of sp³-hybridized carbons (Fsp3) is 0.176. The monoisotopic (exact) mass is 393 g/mol. The highest BCUT2D eigenvalue weighted by Crippen LogP contribution is 2.34. The number of halogens is 3. The van der Waals surface area contributed by atoms with Crippen molar-refractivity contribution in [2.75, 3.05) is 11.1 Å². The molecule has 0 atom stereocenters. The van der Waals surface area contributed by atoms with Gasteiger partial charge in [0.25, 0.3) is 0 Å². The lowest BCUT2D eigenvalue weighted by atomic mass is 10.1. The topological polar surface area (TPSA) is 72.7 Å². The molecule has 27 heavy (non-hydrogen) atoms. The number of para-hydroxylation sites is 1. The summed E-state index contributed by atoms with van der Waals surface area (Å²) in [6.07, 6.45) is -4.55. The molecule has 2 aromatic carbocycles. The van der Waals surface area contributed by atoms with Crippen LogP contribution in [0.15, 0.2) is 53.7 Å². The summed E-state index contributed by atoms with van der Waals surface area (Å²) in [5.41, 5.74) is 0.612. The minimum atomic E-state index is -4.55. The number of hydrogen-bond acceptors (Lipinski definition) is 5. The molecule has 0 aliphatic rings. The Balaban J connectivity index is 1.68. The van der Waals surface area contributed by atoms with E-state index in [2.05, 4.69) is 20.8 Å². The lowest BCUT2D eigenvalue weighted by Crippen LogP contribution is -2.18. The largest absolute Gasteiger partial charge is 0.418 e. The predicted molar refractivity (Wildman–Crippen MR) is 94.7 cm³/mol. The van der Waals surface area contributed by atoms with E-state index in [1.807, 2.05) is 31.2 Å². The Morgan fingerprint density at radius 3 is 2.56 bits per heavy atom. The zero-order chi connectivity index (χ0) is 19.4. The first-order valence-corrected chi connectivity index (χ1v) is 8.77. The summed E-state index contributed by atoms with van der Waals surface area (Å²) in [6, 6.07) is 12.3. The Morgan fingerprint density at radius 2 is 1.85 bits per heavy atom. The van der Waals surface area contributed by atoms with Gasteiger partial charge in [0.1, 0.15) is 0 Å². The van der Waals surface area contributed by atoms with Gasteiger partial charge in [0.05, 0.1) is 22.7 Å². The van der Waals surface area contributed by atoms with Crippen LogP contribution in [0, 0.1) is 6.92 Å². The van der Waals surface area contributed by atoms with Crippen LogP contribution in [0.2, 0.25) is 0 Å². The molecule has 0 aliphatic carbocycles. The standard InChI is InChI=1S/C17H14F3N5OS/c1-11-6-8-12(9-7-11)25-16(22-23-24-25)27-10-15(26)21-14-5-3-2-4-13(14)17(18,19)20/h2-9H,10H2,1H3,(H,21,26). The zero-order valence-corrected chi connectivity index (χ0v) is 14.9. The van der Waals surface area contributed by atoms with Crippen molar-refractivity contribution in [1.29, 1.82) is 0 Å².